The lowest BCUT2D eigenvalue weighted by atomic mass is 10.2. The van der Waals surface area contributed by atoms with E-state index in [0.717, 1.165) is 0 Å². The van der Waals surface area contributed by atoms with Crippen LogP contribution in [0.1, 0.15) is 40.0 Å². The second-order valence-corrected chi connectivity index (χ2v) is 7.58. The van der Waals surface area contributed by atoms with Gasteiger partial charge in [0.05, 0.1) is 5.25 Å². The number of sulfone groups is 1. The molecule has 0 radical (unpaired) electrons. The zero-order valence-electron chi connectivity index (χ0n) is 10.4. The van der Waals surface area contributed by atoms with E-state index in [1.54, 1.807) is 20.8 Å². The van der Waals surface area contributed by atoms with E-state index >= 15 is 0 Å². The van der Waals surface area contributed by atoms with Crippen molar-refractivity contribution in [2.75, 3.05) is 5.75 Å². The van der Waals surface area contributed by atoms with Crippen LogP contribution in [-0.4, -0.2) is 36.8 Å². The van der Waals surface area contributed by atoms with E-state index in [0.29, 0.717) is 6.42 Å². The van der Waals surface area contributed by atoms with Gasteiger partial charge in [0.1, 0.15) is 17.1 Å². The van der Waals surface area contributed by atoms with Gasteiger partial charge in [0.2, 0.25) is 0 Å². The van der Waals surface area contributed by atoms with Crippen molar-refractivity contribution in [3.8, 4) is 0 Å². The molecule has 0 heterocycles. The van der Waals surface area contributed by atoms with Gasteiger partial charge in [0.25, 0.3) is 0 Å². The molecule has 1 unspecified atom stereocenters. The fraction of sp³-hybridized carbons (Fsp3) is 0.818. The summed E-state index contributed by atoms with van der Waals surface area (Å²) in [5.74, 6) is -1.44. The molecule has 0 spiro atoms. The van der Waals surface area contributed by atoms with Crippen LogP contribution in [0, 0.1) is 0 Å². The number of hydrogen-bond donors (Lipinski definition) is 0. The highest BCUT2D eigenvalue weighted by Crippen LogP contribution is 2.23. The molecule has 0 N–H and O–H groups in total. The van der Waals surface area contributed by atoms with Crippen LogP contribution in [0.15, 0.2) is 0 Å². The predicted molar refractivity (Wildman–Crippen MR) is 62.3 cm³/mol. The number of ether oxygens (including phenoxy) is 1. The van der Waals surface area contributed by atoms with Gasteiger partial charge in [-0.15, -0.1) is 0 Å². The van der Waals surface area contributed by atoms with Gasteiger partial charge in [-0.3, -0.25) is 9.59 Å². The first kappa shape index (κ1) is 14.2. The Labute approximate surface area is 101 Å². The normalized spacial score (nSPS) is 21.6. The standard InChI is InChI=1S/C11H18O5S/c1-11(2,3)16-10(13)7-17(14,15)9-5-4-8(12)6-9/h9H,4-7H2,1-3H3. The molecule has 6 heteroatoms. The Morgan fingerprint density at radius 3 is 2.41 bits per heavy atom. The fourth-order valence-electron chi connectivity index (χ4n) is 1.74. The maximum atomic E-state index is 11.8. The van der Waals surface area contributed by atoms with E-state index in [4.69, 9.17) is 4.74 Å². The molecule has 0 aromatic rings. The highest BCUT2D eigenvalue weighted by molar-refractivity contribution is 7.92. The van der Waals surface area contributed by atoms with Crippen LogP contribution in [0.4, 0.5) is 0 Å². The molecule has 0 amide bonds. The van der Waals surface area contributed by atoms with Crippen molar-refractivity contribution < 1.29 is 22.7 Å². The number of rotatable bonds is 3. The summed E-state index contributed by atoms with van der Waals surface area (Å²) in [6.45, 7) is 5.03. The third-order valence-electron chi connectivity index (χ3n) is 2.45. The maximum absolute atomic E-state index is 11.8. The van der Waals surface area contributed by atoms with Crippen molar-refractivity contribution >= 4 is 21.6 Å². The number of esters is 1. The van der Waals surface area contributed by atoms with Crippen molar-refractivity contribution in [2.45, 2.75) is 50.9 Å². The summed E-state index contributed by atoms with van der Waals surface area (Å²) in [5.41, 5.74) is -0.696. The lowest BCUT2D eigenvalue weighted by Gasteiger charge is -2.20. The number of carbonyl (C=O) groups is 2. The maximum Gasteiger partial charge on any atom is 0.321 e. The van der Waals surface area contributed by atoms with E-state index in [2.05, 4.69) is 0 Å². The molecule has 1 aliphatic rings. The number of ketones is 1. The van der Waals surface area contributed by atoms with Crippen LogP contribution in [0.3, 0.4) is 0 Å². The van der Waals surface area contributed by atoms with Gasteiger partial charge in [-0.25, -0.2) is 8.42 Å². The quantitative estimate of drug-likeness (QED) is 0.705. The second kappa shape index (κ2) is 4.76. The van der Waals surface area contributed by atoms with Crippen LogP contribution < -0.4 is 0 Å². The summed E-state index contributed by atoms with van der Waals surface area (Å²) < 4.78 is 28.6. The minimum atomic E-state index is -3.56. The Morgan fingerprint density at radius 1 is 1.41 bits per heavy atom. The van der Waals surface area contributed by atoms with Gasteiger partial charge in [0.15, 0.2) is 9.84 Å². The van der Waals surface area contributed by atoms with Crippen LogP contribution in [0.5, 0.6) is 0 Å². The van der Waals surface area contributed by atoms with Gasteiger partial charge < -0.3 is 4.74 Å². The Kier molecular flexibility index (Phi) is 3.96. The summed E-state index contributed by atoms with van der Waals surface area (Å²) >= 11 is 0. The first-order valence-electron chi connectivity index (χ1n) is 5.55. The molecule has 1 saturated carbocycles. The molecule has 17 heavy (non-hydrogen) atoms. The molecule has 1 aliphatic carbocycles. The molecule has 1 fully saturated rings. The van der Waals surface area contributed by atoms with E-state index in [1.165, 1.54) is 0 Å². The molecule has 98 valence electrons. The van der Waals surface area contributed by atoms with E-state index < -0.39 is 32.4 Å². The van der Waals surface area contributed by atoms with Crippen molar-refractivity contribution in [3.05, 3.63) is 0 Å². The van der Waals surface area contributed by atoms with Crippen LogP contribution in [-0.2, 0) is 24.2 Å². The summed E-state index contributed by atoms with van der Waals surface area (Å²) in [6.07, 6.45) is 0.646. The molecule has 5 nitrogen and oxygen atoms in total. The van der Waals surface area contributed by atoms with Gasteiger partial charge in [-0.05, 0) is 27.2 Å². The molecule has 0 aromatic heterocycles. The van der Waals surface area contributed by atoms with E-state index in [9.17, 15) is 18.0 Å². The van der Waals surface area contributed by atoms with Crippen LogP contribution >= 0.6 is 0 Å². The monoisotopic (exact) mass is 262 g/mol. The zero-order valence-corrected chi connectivity index (χ0v) is 11.2. The summed E-state index contributed by atoms with van der Waals surface area (Å²) in [5, 5.41) is -0.706. The molecule has 0 aliphatic heterocycles. The molecule has 0 bridgehead atoms. The highest BCUT2D eigenvalue weighted by Gasteiger charge is 2.35. The minimum Gasteiger partial charge on any atom is -0.459 e. The highest BCUT2D eigenvalue weighted by atomic mass is 32.2. The first-order chi connectivity index (χ1) is 7.60. The Hall–Kier alpha value is -0.910. The molecular formula is C11H18O5S. The molecule has 1 rings (SSSR count). The largest absolute Gasteiger partial charge is 0.459 e. The first-order valence-corrected chi connectivity index (χ1v) is 7.27. The zero-order chi connectivity index (χ0) is 13.3. The van der Waals surface area contributed by atoms with E-state index in [-0.39, 0.29) is 18.6 Å². The molecule has 1 atom stereocenters. The summed E-state index contributed by atoms with van der Waals surface area (Å²) in [4.78, 5) is 22.5. The Morgan fingerprint density at radius 2 is 2.00 bits per heavy atom. The van der Waals surface area contributed by atoms with Crippen molar-refractivity contribution in [2.24, 2.45) is 0 Å². The van der Waals surface area contributed by atoms with Crippen molar-refractivity contribution in [1.82, 2.24) is 0 Å². The lowest BCUT2D eigenvalue weighted by molar-refractivity contribution is -0.151. The average molecular weight is 262 g/mol. The smallest absolute Gasteiger partial charge is 0.321 e. The third-order valence-corrected chi connectivity index (χ3v) is 4.50. The van der Waals surface area contributed by atoms with Crippen LogP contribution in [0.2, 0.25) is 0 Å². The second-order valence-electron chi connectivity index (χ2n) is 5.30. The Balaban J connectivity index is 2.61. The average Bonchev–Trinajstić information content (AvgIpc) is 2.46. The summed E-state index contributed by atoms with van der Waals surface area (Å²) in [6, 6.07) is 0. The van der Waals surface area contributed by atoms with Crippen molar-refractivity contribution in [1.29, 1.82) is 0 Å². The van der Waals surface area contributed by atoms with Gasteiger partial charge in [0, 0.05) is 12.8 Å². The molecular weight excluding hydrogens is 244 g/mol. The van der Waals surface area contributed by atoms with Crippen LogP contribution in [0.25, 0.3) is 0 Å². The molecule has 0 saturated heterocycles. The van der Waals surface area contributed by atoms with Gasteiger partial charge in [-0.1, -0.05) is 0 Å². The lowest BCUT2D eigenvalue weighted by Crippen LogP contribution is -2.32. The van der Waals surface area contributed by atoms with E-state index in [1.807, 2.05) is 0 Å². The van der Waals surface area contributed by atoms with Crippen molar-refractivity contribution in [3.63, 3.8) is 0 Å². The SMILES string of the molecule is CC(C)(C)OC(=O)CS(=O)(=O)C1CCC(=O)C1. The number of carbonyl (C=O) groups excluding carboxylic acids is 2. The fourth-order valence-corrected chi connectivity index (χ4v) is 3.28. The Bertz CT molecular complexity index is 416. The topological polar surface area (TPSA) is 77.5 Å². The van der Waals surface area contributed by atoms with Gasteiger partial charge in [-0.2, -0.15) is 0 Å². The number of Topliss-reactive ketones (excluding diaryl/α,β-unsaturated/α-hetero) is 1. The number of hydrogen-bond acceptors (Lipinski definition) is 5. The third kappa shape index (κ3) is 4.46. The molecule has 0 aromatic carbocycles. The minimum absolute atomic E-state index is 0.0329. The predicted octanol–water partition coefficient (Wildman–Crippen LogP) is 0.865. The van der Waals surface area contributed by atoms with Gasteiger partial charge >= 0.3 is 5.97 Å². The summed E-state index contributed by atoms with van der Waals surface area (Å²) in [7, 11) is -3.56.